The normalized spacial score (nSPS) is 10.3. The van der Waals surface area contributed by atoms with Crippen molar-refractivity contribution in [1.82, 2.24) is 0 Å². The zero-order valence-electron chi connectivity index (χ0n) is 12.7. The number of carbonyl (C=O) groups is 1. The van der Waals surface area contributed by atoms with Gasteiger partial charge in [0.15, 0.2) is 0 Å². The maximum absolute atomic E-state index is 9.00. The number of aliphatic hydroxyl groups excluding tert-OH is 1. The van der Waals surface area contributed by atoms with Crippen LogP contribution >= 0.6 is 0 Å². The van der Waals surface area contributed by atoms with Crippen molar-refractivity contribution in [3.8, 4) is 0 Å². The summed E-state index contributed by atoms with van der Waals surface area (Å²) in [6.45, 7) is 3.69. The highest BCUT2D eigenvalue weighted by Crippen LogP contribution is 2.06. The van der Waals surface area contributed by atoms with E-state index in [-0.39, 0.29) is 0 Å². The van der Waals surface area contributed by atoms with Crippen LogP contribution in [0.1, 0.15) is 78.1 Å². The van der Waals surface area contributed by atoms with Gasteiger partial charge in [-0.1, -0.05) is 51.2 Å². The molecule has 0 saturated heterocycles. The highest BCUT2D eigenvalue weighted by molar-refractivity contribution is 5.62. The predicted octanol–water partition coefficient (Wildman–Crippen LogP) is 4.55. The smallest absolute Gasteiger partial charge is 0.300 e. The lowest BCUT2D eigenvalue weighted by molar-refractivity contribution is -0.134. The van der Waals surface area contributed by atoms with Crippen LogP contribution in [0.25, 0.3) is 0 Å². The van der Waals surface area contributed by atoms with E-state index < -0.39 is 5.97 Å². The molecular formula is C16H32O3. The first-order valence-electron chi connectivity index (χ1n) is 7.60. The zero-order valence-corrected chi connectivity index (χ0v) is 12.7. The number of hydrogen-bond acceptors (Lipinski definition) is 2. The maximum Gasteiger partial charge on any atom is 0.300 e. The number of carboxylic acids is 1. The molecule has 0 rings (SSSR count). The standard InChI is InChI=1S/C14H28O.C2H4O2/c1-2-3-4-5-6-7-8-9-10-11-12-13-14-15;1-2(3)4/h6-7,15H,2-5,8-14H2,1H3;1H3,(H,3,4). The van der Waals surface area contributed by atoms with Crippen LogP contribution in [0.4, 0.5) is 0 Å². The summed E-state index contributed by atoms with van der Waals surface area (Å²) in [7, 11) is 0. The minimum Gasteiger partial charge on any atom is -0.481 e. The third kappa shape index (κ3) is 31.7. The van der Waals surface area contributed by atoms with Gasteiger partial charge in [0.05, 0.1) is 0 Å². The van der Waals surface area contributed by atoms with Gasteiger partial charge in [-0.3, -0.25) is 4.79 Å². The van der Waals surface area contributed by atoms with E-state index in [4.69, 9.17) is 15.0 Å². The van der Waals surface area contributed by atoms with Crippen LogP contribution in [0.3, 0.4) is 0 Å². The molecule has 114 valence electrons. The number of unbranched alkanes of at least 4 members (excludes halogenated alkanes) is 8. The molecule has 0 fully saturated rings. The molecule has 0 aromatic carbocycles. The number of aliphatic carboxylic acids is 1. The molecule has 0 bridgehead atoms. The molecule has 3 nitrogen and oxygen atoms in total. The summed E-state index contributed by atoms with van der Waals surface area (Å²) >= 11 is 0. The third-order valence-corrected chi connectivity index (χ3v) is 2.67. The van der Waals surface area contributed by atoms with Gasteiger partial charge in [-0.25, -0.2) is 0 Å². The largest absolute Gasteiger partial charge is 0.481 e. The molecule has 0 heterocycles. The van der Waals surface area contributed by atoms with Crippen molar-refractivity contribution in [3.63, 3.8) is 0 Å². The average molecular weight is 272 g/mol. The fourth-order valence-electron chi connectivity index (χ4n) is 1.65. The molecule has 0 aliphatic heterocycles. The quantitative estimate of drug-likeness (QED) is 0.428. The number of aliphatic hydroxyl groups is 1. The van der Waals surface area contributed by atoms with E-state index >= 15 is 0 Å². The Labute approximate surface area is 118 Å². The maximum atomic E-state index is 9.00. The second-order valence-electron chi connectivity index (χ2n) is 4.77. The summed E-state index contributed by atoms with van der Waals surface area (Å²) in [5, 5.41) is 16.0. The Morgan fingerprint density at radius 2 is 1.32 bits per heavy atom. The Bertz CT molecular complexity index is 196. The van der Waals surface area contributed by atoms with Crippen molar-refractivity contribution in [2.24, 2.45) is 0 Å². The van der Waals surface area contributed by atoms with Crippen LogP contribution in [0.5, 0.6) is 0 Å². The lowest BCUT2D eigenvalue weighted by atomic mass is 10.1. The molecule has 0 radical (unpaired) electrons. The van der Waals surface area contributed by atoms with Gasteiger partial charge in [-0.05, 0) is 32.1 Å². The number of allylic oxidation sites excluding steroid dienone is 2. The van der Waals surface area contributed by atoms with Crippen LogP contribution in [0.2, 0.25) is 0 Å². The van der Waals surface area contributed by atoms with Gasteiger partial charge in [-0.2, -0.15) is 0 Å². The molecule has 0 unspecified atom stereocenters. The molecule has 3 heteroatoms. The van der Waals surface area contributed by atoms with Gasteiger partial charge < -0.3 is 10.2 Å². The summed E-state index contributed by atoms with van der Waals surface area (Å²) in [5.74, 6) is -0.833. The van der Waals surface area contributed by atoms with E-state index in [1.807, 2.05) is 0 Å². The monoisotopic (exact) mass is 272 g/mol. The summed E-state index contributed by atoms with van der Waals surface area (Å²) in [4.78, 5) is 9.00. The minimum atomic E-state index is -0.833. The Hall–Kier alpha value is -0.830. The Balaban J connectivity index is 0. The predicted molar refractivity (Wildman–Crippen MR) is 81.4 cm³/mol. The van der Waals surface area contributed by atoms with Crippen molar-refractivity contribution in [2.75, 3.05) is 6.61 Å². The molecule has 0 spiro atoms. The van der Waals surface area contributed by atoms with Crippen LogP contribution in [-0.4, -0.2) is 22.8 Å². The summed E-state index contributed by atoms with van der Waals surface area (Å²) in [5.41, 5.74) is 0. The second kappa shape index (κ2) is 19.5. The molecule has 0 atom stereocenters. The molecule has 2 N–H and O–H groups in total. The van der Waals surface area contributed by atoms with Gasteiger partial charge in [0.1, 0.15) is 0 Å². The van der Waals surface area contributed by atoms with E-state index in [2.05, 4.69) is 19.1 Å². The van der Waals surface area contributed by atoms with E-state index in [1.54, 1.807) is 0 Å². The number of carboxylic acid groups (broad SMARTS) is 1. The fraction of sp³-hybridized carbons (Fsp3) is 0.812. The van der Waals surface area contributed by atoms with Gasteiger partial charge in [0.25, 0.3) is 5.97 Å². The van der Waals surface area contributed by atoms with Gasteiger partial charge in [0, 0.05) is 13.5 Å². The van der Waals surface area contributed by atoms with Crippen molar-refractivity contribution in [1.29, 1.82) is 0 Å². The number of hydrogen-bond donors (Lipinski definition) is 2. The molecule has 0 aromatic rings. The van der Waals surface area contributed by atoms with Crippen LogP contribution in [0.15, 0.2) is 12.2 Å². The van der Waals surface area contributed by atoms with Gasteiger partial charge in [0.2, 0.25) is 0 Å². The first kappa shape index (κ1) is 20.5. The minimum absolute atomic E-state index is 0.358. The molecular weight excluding hydrogens is 240 g/mol. The van der Waals surface area contributed by atoms with Crippen molar-refractivity contribution >= 4 is 5.97 Å². The van der Waals surface area contributed by atoms with Crippen molar-refractivity contribution < 1.29 is 15.0 Å². The van der Waals surface area contributed by atoms with E-state index in [0.717, 1.165) is 13.3 Å². The summed E-state index contributed by atoms with van der Waals surface area (Å²) < 4.78 is 0. The fourth-order valence-corrected chi connectivity index (χ4v) is 1.65. The van der Waals surface area contributed by atoms with Crippen molar-refractivity contribution in [3.05, 3.63) is 12.2 Å². The SMILES string of the molecule is CC(=O)O.CCCCCC=CCCCCCCCO. The molecule has 0 amide bonds. The zero-order chi connectivity index (χ0) is 14.8. The molecule has 0 aliphatic carbocycles. The van der Waals surface area contributed by atoms with Crippen LogP contribution in [-0.2, 0) is 4.79 Å². The second-order valence-corrected chi connectivity index (χ2v) is 4.77. The van der Waals surface area contributed by atoms with Gasteiger partial charge in [-0.15, -0.1) is 0 Å². The summed E-state index contributed by atoms with van der Waals surface area (Å²) in [6, 6.07) is 0. The lowest BCUT2D eigenvalue weighted by Crippen LogP contribution is -1.83. The first-order chi connectivity index (χ1) is 9.15. The first-order valence-corrected chi connectivity index (χ1v) is 7.60. The van der Waals surface area contributed by atoms with E-state index in [9.17, 15) is 0 Å². The van der Waals surface area contributed by atoms with E-state index in [1.165, 1.54) is 57.8 Å². The lowest BCUT2D eigenvalue weighted by Gasteiger charge is -1.97. The van der Waals surface area contributed by atoms with Crippen LogP contribution < -0.4 is 0 Å². The Morgan fingerprint density at radius 1 is 0.895 bits per heavy atom. The van der Waals surface area contributed by atoms with Gasteiger partial charge >= 0.3 is 0 Å². The Morgan fingerprint density at radius 3 is 1.79 bits per heavy atom. The highest BCUT2D eigenvalue weighted by atomic mass is 16.4. The molecule has 0 aromatic heterocycles. The molecule has 19 heavy (non-hydrogen) atoms. The summed E-state index contributed by atoms with van der Waals surface area (Å²) in [6.07, 6.45) is 17.3. The third-order valence-electron chi connectivity index (χ3n) is 2.67. The Kier molecular flexibility index (Phi) is 21.0. The van der Waals surface area contributed by atoms with Crippen molar-refractivity contribution in [2.45, 2.75) is 78.1 Å². The molecule has 0 aliphatic rings. The highest BCUT2D eigenvalue weighted by Gasteiger charge is 1.88. The van der Waals surface area contributed by atoms with Crippen LogP contribution in [0, 0.1) is 0 Å². The number of rotatable bonds is 11. The molecule has 0 saturated carbocycles. The van der Waals surface area contributed by atoms with E-state index in [0.29, 0.717) is 6.61 Å². The topological polar surface area (TPSA) is 57.5 Å². The average Bonchev–Trinajstić information content (AvgIpc) is 2.35.